The lowest BCUT2D eigenvalue weighted by molar-refractivity contribution is 0.308. The van der Waals surface area contributed by atoms with Crippen molar-refractivity contribution in [1.82, 2.24) is 15.8 Å². The minimum atomic E-state index is 0.458. The Bertz CT molecular complexity index is 726. The summed E-state index contributed by atoms with van der Waals surface area (Å²) in [5.74, 6) is 3.59. The van der Waals surface area contributed by atoms with Crippen molar-refractivity contribution in [1.29, 1.82) is 0 Å². The average molecular weight is 389 g/mol. The molecule has 0 spiro atoms. The van der Waals surface area contributed by atoms with Crippen molar-refractivity contribution in [2.75, 3.05) is 27.3 Å². The highest BCUT2D eigenvalue weighted by molar-refractivity contribution is 5.79. The van der Waals surface area contributed by atoms with E-state index in [2.05, 4.69) is 34.6 Å². The average Bonchev–Trinajstić information content (AvgIpc) is 3.20. The van der Waals surface area contributed by atoms with Crippen LogP contribution in [0.5, 0.6) is 11.5 Å². The molecule has 154 valence electrons. The summed E-state index contributed by atoms with van der Waals surface area (Å²) in [5, 5.41) is 10.7. The summed E-state index contributed by atoms with van der Waals surface area (Å²) in [6, 6.07) is 9.63. The predicted molar refractivity (Wildman–Crippen MR) is 111 cm³/mol. The maximum atomic E-state index is 5.74. The summed E-state index contributed by atoms with van der Waals surface area (Å²) in [7, 11) is 3.39. The SMILES string of the molecule is CCC(CC)c1cc(CNC(=NC)NCCCOc2cccc(OC)c2)on1. The highest BCUT2D eigenvalue weighted by atomic mass is 16.5. The van der Waals surface area contributed by atoms with Crippen LogP contribution in [-0.2, 0) is 6.54 Å². The molecule has 0 fully saturated rings. The van der Waals surface area contributed by atoms with Gasteiger partial charge in [-0.3, -0.25) is 4.99 Å². The molecule has 2 aromatic rings. The number of nitrogens with one attached hydrogen (secondary N) is 2. The van der Waals surface area contributed by atoms with E-state index in [9.17, 15) is 0 Å². The van der Waals surface area contributed by atoms with E-state index in [1.807, 2.05) is 30.3 Å². The first-order valence-corrected chi connectivity index (χ1v) is 9.87. The number of hydrogen-bond acceptors (Lipinski definition) is 5. The van der Waals surface area contributed by atoms with Crippen LogP contribution < -0.4 is 20.1 Å². The predicted octanol–water partition coefficient (Wildman–Crippen LogP) is 3.72. The van der Waals surface area contributed by atoms with Crippen molar-refractivity contribution in [3.05, 3.63) is 41.8 Å². The maximum absolute atomic E-state index is 5.74. The number of methoxy groups -OCH3 is 1. The van der Waals surface area contributed by atoms with Crippen molar-refractivity contribution in [3.8, 4) is 11.5 Å². The van der Waals surface area contributed by atoms with Gasteiger partial charge in [-0.05, 0) is 31.4 Å². The van der Waals surface area contributed by atoms with E-state index in [0.717, 1.165) is 54.7 Å². The topological polar surface area (TPSA) is 80.9 Å². The third-order valence-corrected chi connectivity index (χ3v) is 4.56. The van der Waals surface area contributed by atoms with E-state index in [4.69, 9.17) is 14.0 Å². The van der Waals surface area contributed by atoms with E-state index in [0.29, 0.717) is 19.1 Å². The monoisotopic (exact) mass is 388 g/mol. The Balaban J connectivity index is 1.67. The Morgan fingerprint density at radius 3 is 2.68 bits per heavy atom. The number of rotatable bonds is 11. The second kappa shape index (κ2) is 11.9. The van der Waals surface area contributed by atoms with Gasteiger partial charge in [-0.2, -0.15) is 0 Å². The molecule has 7 heteroatoms. The second-order valence-electron chi connectivity index (χ2n) is 6.47. The highest BCUT2D eigenvalue weighted by Crippen LogP contribution is 2.22. The molecule has 0 aliphatic heterocycles. The van der Waals surface area contributed by atoms with E-state index >= 15 is 0 Å². The first-order chi connectivity index (χ1) is 13.7. The van der Waals surface area contributed by atoms with Gasteiger partial charge in [0, 0.05) is 31.6 Å². The molecule has 0 atom stereocenters. The van der Waals surface area contributed by atoms with Crippen LogP contribution in [0.2, 0.25) is 0 Å². The third-order valence-electron chi connectivity index (χ3n) is 4.56. The molecular weight excluding hydrogens is 356 g/mol. The summed E-state index contributed by atoms with van der Waals surface area (Å²) in [4.78, 5) is 4.23. The molecule has 0 saturated heterocycles. The number of nitrogens with zero attached hydrogens (tertiary/aromatic N) is 2. The smallest absolute Gasteiger partial charge is 0.191 e. The Kier molecular flexibility index (Phi) is 9.18. The maximum Gasteiger partial charge on any atom is 0.191 e. The first kappa shape index (κ1) is 21.6. The summed E-state index contributed by atoms with van der Waals surface area (Å²) in [6.07, 6.45) is 2.98. The minimum Gasteiger partial charge on any atom is -0.497 e. The van der Waals surface area contributed by atoms with Crippen molar-refractivity contribution in [2.45, 2.75) is 45.6 Å². The lowest BCUT2D eigenvalue weighted by atomic mass is 9.99. The summed E-state index contributed by atoms with van der Waals surface area (Å²) < 4.78 is 16.4. The van der Waals surface area contributed by atoms with Crippen LogP contribution >= 0.6 is 0 Å². The molecule has 7 nitrogen and oxygen atoms in total. The number of aromatic nitrogens is 1. The zero-order valence-electron chi connectivity index (χ0n) is 17.3. The van der Waals surface area contributed by atoms with Crippen LogP contribution in [-0.4, -0.2) is 38.4 Å². The molecule has 0 aliphatic carbocycles. The van der Waals surface area contributed by atoms with E-state index < -0.39 is 0 Å². The fraction of sp³-hybridized carbons (Fsp3) is 0.524. The zero-order chi connectivity index (χ0) is 20.2. The number of aliphatic imine (C=N–C) groups is 1. The van der Waals surface area contributed by atoms with Crippen LogP contribution in [0, 0.1) is 0 Å². The van der Waals surface area contributed by atoms with Gasteiger partial charge in [-0.25, -0.2) is 0 Å². The molecule has 0 unspecified atom stereocenters. The standard InChI is InChI=1S/C21H32N4O3/c1-5-16(6-2)20-14-19(28-25-20)15-24-21(22-3)23-11-8-12-27-18-10-7-9-17(13-18)26-4/h7,9-10,13-14,16H,5-6,8,11-12,15H2,1-4H3,(H2,22,23,24). The van der Waals surface area contributed by atoms with Crippen molar-refractivity contribution >= 4 is 5.96 Å². The largest absolute Gasteiger partial charge is 0.497 e. The molecule has 0 aliphatic rings. The van der Waals surface area contributed by atoms with Crippen LogP contribution in [0.3, 0.4) is 0 Å². The molecule has 0 saturated carbocycles. The van der Waals surface area contributed by atoms with E-state index in [1.54, 1.807) is 14.2 Å². The van der Waals surface area contributed by atoms with Crippen molar-refractivity contribution in [3.63, 3.8) is 0 Å². The number of ether oxygens (including phenoxy) is 2. The summed E-state index contributed by atoms with van der Waals surface area (Å²) >= 11 is 0. The second-order valence-corrected chi connectivity index (χ2v) is 6.47. The summed E-state index contributed by atoms with van der Waals surface area (Å²) in [5.41, 5.74) is 1.03. The van der Waals surface area contributed by atoms with Gasteiger partial charge in [0.1, 0.15) is 11.5 Å². The summed E-state index contributed by atoms with van der Waals surface area (Å²) in [6.45, 7) is 6.25. The van der Waals surface area contributed by atoms with Crippen molar-refractivity contribution < 1.29 is 14.0 Å². The quantitative estimate of drug-likeness (QED) is 0.347. The van der Waals surface area contributed by atoms with Gasteiger partial charge in [-0.15, -0.1) is 0 Å². The fourth-order valence-electron chi connectivity index (χ4n) is 2.86. The molecule has 0 amide bonds. The normalized spacial score (nSPS) is 11.5. The molecule has 1 aromatic heterocycles. The zero-order valence-corrected chi connectivity index (χ0v) is 17.3. The van der Waals surface area contributed by atoms with Gasteiger partial charge in [0.2, 0.25) is 0 Å². The Labute approximate surface area is 167 Å². The highest BCUT2D eigenvalue weighted by Gasteiger charge is 2.13. The lowest BCUT2D eigenvalue weighted by Gasteiger charge is -2.11. The van der Waals surface area contributed by atoms with Gasteiger partial charge >= 0.3 is 0 Å². The molecule has 1 aromatic carbocycles. The lowest BCUT2D eigenvalue weighted by Crippen LogP contribution is -2.37. The van der Waals surface area contributed by atoms with Gasteiger partial charge in [0.15, 0.2) is 11.7 Å². The number of benzene rings is 1. The molecule has 1 heterocycles. The molecule has 0 radical (unpaired) electrons. The number of guanidine groups is 1. The molecular formula is C21H32N4O3. The fourth-order valence-corrected chi connectivity index (χ4v) is 2.86. The van der Waals surface area contributed by atoms with Crippen LogP contribution in [0.15, 0.2) is 39.8 Å². The number of hydrogen-bond donors (Lipinski definition) is 2. The van der Waals surface area contributed by atoms with Gasteiger partial charge in [-0.1, -0.05) is 25.1 Å². The van der Waals surface area contributed by atoms with Gasteiger partial charge in [0.05, 0.1) is 26.0 Å². The Morgan fingerprint density at radius 2 is 1.96 bits per heavy atom. The van der Waals surface area contributed by atoms with E-state index in [1.165, 1.54) is 0 Å². The minimum absolute atomic E-state index is 0.458. The van der Waals surface area contributed by atoms with Crippen molar-refractivity contribution in [2.24, 2.45) is 4.99 Å². The van der Waals surface area contributed by atoms with Gasteiger partial charge in [0.25, 0.3) is 0 Å². The molecule has 2 rings (SSSR count). The molecule has 28 heavy (non-hydrogen) atoms. The molecule has 0 bridgehead atoms. The van der Waals surface area contributed by atoms with Crippen LogP contribution in [0.25, 0.3) is 0 Å². The van der Waals surface area contributed by atoms with Crippen LogP contribution in [0.1, 0.15) is 50.5 Å². The third kappa shape index (κ3) is 6.79. The van der Waals surface area contributed by atoms with E-state index in [-0.39, 0.29) is 0 Å². The molecule has 2 N–H and O–H groups in total. The van der Waals surface area contributed by atoms with Gasteiger partial charge < -0.3 is 24.6 Å². The Hall–Kier alpha value is -2.70. The Morgan fingerprint density at radius 1 is 1.18 bits per heavy atom. The first-order valence-electron chi connectivity index (χ1n) is 9.87. The van der Waals surface area contributed by atoms with Crippen LogP contribution in [0.4, 0.5) is 0 Å².